The number of aryl methyl sites for hydroxylation is 1. The predicted octanol–water partition coefficient (Wildman–Crippen LogP) is 2.92. The van der Waals surface area contributed by atoms with Crippen LogP contribution in [0.15, 0.2) is 30.3 Å². The third kappa shape index (κ3) is 2.57. The number of anilines is 1. The molecule has 1 heterocycles. The number of rotatable bonds is 5. The second-order valence-electron chi connectivity index (χ2n) is 5.02. The molecule has 3 rings (SSSR count). The molecule has 1 aromatic carbocycles. The van der Waals surface area contributed by atoms with E-state index < -0.39 is 0 Å². The Morgan fingerprint density at radius 1 is 1.37 bits per heavy atom. The van der Waals surface area contributed by atoms with Gasteiger partial charge in [0.15, 0.2) is 0 Å². The number of aromatic nitrogens is 2. The lowest BCUT2D eigenvalue weighted by atomic mass is 10.2. The van der Waals surface area contributed by atoms with Crippen molar-refractivity contribution in [3.8, 4) is 5.75 Å². The molecule has 0 saturated heterocycles. The van der Waals surface area contributed by atoms with Crippen LogP contribution in [0.4, 0.5) is 5.82 Å². The first-order valence-electron chi connectivity index (χ1n) is 6.67. The second kappa shape index (κ2) is 4.96. The highest BCUT2D eigenvalue weighted by atomic mass is 16.5. The summed E-state index contributed by atoms with van der Waals surface area (Å²) in [5, 5.41) is 7.98. The quantitative estimate of drug-likeness (QED) is 0.895. The summed E-state index contributed by atoms with van der Waals surface area (Å²) in [6, 6.07) is 10.2. The Bertz CT molecular complexity index is 573. The number of ether oxygens (including phenoxy) is 1. The maximum atomic E-state index is 5.35. The molecule has 4 nitrogen and oxygen atoms in total. The summed E-state index contributed by atoms with van der Waals surface area (Å²) in [4.78, 5) is 0. The first kappa shape index (κ1) is 12.1. The number of nitrogens with one attached hydrogen (secondary N) is 1. The van der Waals surface area contributed by atoms with Gasteiger partial charge in [0.1, 0.15) is 11.6 Å². The molecule has 0 radical (unpaired) electrons. The van der Waals surface area contributed by atoms with Gasteiger partial charge in [0.25, 0.3) is 0 Å². The highest BCUT2D eigenvalue weighted by Gasteiger charge is 2.26. The Hall–Kier alpha value is -1.97. The van der Waals surface area contributed by atoms with Crippen molar-refractivity contribution < 1.29 is 4.74 Å². The Kier molecular flexibility index (Phi) is 3.15. The van der Waals surface area contributed by atoms with Gasteiger partial charge in [-0.25, -0.2) is 0 Å². The summed E-state index contributed by atoms with van der Waals surface area (Å²) < 4.78 is 7.27. The fourth-order valence-electron chi connectivity index (χ4n) is 2.27. The number of hydrogen-bond acceptors (Lipinski definition) is 3. The molecule has 0 atom stereocenters. The molecule has 1 aliphatic carbocycles. The Labute approximate surface area is 113 Å². The standard InChI is InChI=1S/C15H19N3O/c1-18-15(9-13(17-18)11-7-8-11)16-10-12-5-3-4-6-14(12)19-2/h3-6,9,11,16H,7-8,10H2,1-2H3. The van der Waals surface area contributed by atoms with E-state index in [9.17, 15) is 0 Å². The van der Waals surface area contributed by atoms with Crippen molar-refractivity contribution in [2.45, 2.75) is 25.3 Å². The molecule has 1 fully saturated rings. The molecular formula is C15H19N3O. The van der Waals surface area contributed by atoms with Gasteiger partial charge in [-0.2, -0.15) is 5.10 Å². The predicted molar refractivity (Wildman–Crippen MR) is 75.5 cm³/mol. The Morgan fingerprint density at radius 3 is 2.89 bits per heavy atom. The Morgan fingerprint density at radius 2 is 2.16 bits per heavy atom. The third-order valence-corrected chi connectivity index (χ3v) is 3.55. The van der Waals surface area contributed by atoms with E-state index in [1.807, 2.05) is 29.9 Å². The van der Waals surface area contributed by atoms with Crippen LogP contribution in [0, 0.1) is 0 Å². The number of hydrogen-bond donors (Lipinski definition) is 1. The first-order chi connectivity index (χ1) is 9.28. The first-order valence-corrected chi connectivity index (χ1v) is 6.67. The van der Waals surface area contributed by atoms with Crippen LogP contribution in [0.5, 0.6) is 5.75 Å². The molecule has 19 heavy (non-hydrogen) atoms. The molecule has 0 bridgehead atoms. The topological polar surface area (TPSA) is 39.1 Å². The fraction of sp³-hybridized carbons (Fsp3) is 0.400. The molecular weight excluding hydrogens is 238 g/mol. The lowest BCUT2D eigenvalue weighted by Crippen LogP contribution is -2.05. The summed E-state index contributed by atoms with van der Waals surface area (Å²) >= 11 is 0. The van der Waals surface area contributed by atoms with E-state index in [1.165, 1.54) is 18.5 Å². The average Bonchev–Trinajstić information content (AvgIpc) is 3.21. The van der Waals surface area contributed by atoms with Gasteiger partial charge in [-0.1, -0.05) is 18.2 Å². The van der Waals surface area contributed by atoms with Gasteiger partial charge in [-0.05, 0) is 18.9 Å². The molecule has 4 heteroatoms. The van der Waals surface area contributed by atoms with Crippen molar-refractivity contribution >= 4 is 5.82 Å². The van der Waals surface area contributed by atoms with Gasteiger partial charge in [-0.3, -0.25) is 4.68 Å². The molecule has 1 aromatic heterocycles. The molecule has 1 saturated carbocycles. The van der Waals surface area contributed by atoms with Crippen molar-refractivity contribution in [2.75, 3.05) is 12.4 Å². The molecule has 2 aromatic rings. The van der Waals surface area contributed by atoms with Gasteiger partial charge in [0, 0.05) is 31.1 Å². The van der Waals surface area contributed by atoms with Crippen molar-refractivity contribution in [1.29, 1.82) is 0 Å². The van der Waals surface area contributed by atoms with Crippen molar-refractivity contribution in [3.63, 3.8) is 0 Å². The summed E-state index contributed by atoms with van der Waals surface area (Å²) in [5.41, 5.74) is 2.36. The zero-order valence-electron chi connectivity index (χ0n) is 11.4. The molecule has 0 amide bonds. The lowest BCUT2D eigenvalue weighted by Gasteiger charge is -2.10. The number of methoxy groups -OCH3 is 1. The average molecular weight is 257 g/mol. The molecule has 0 unspecified atom stereocenters. The van der Waals surface area contributed by atoms with Gasteiger partial charge in [-0.15, -0.1) is 0 Å². The lowest BCUT2D eigenvalue weighted by molar-refractivity contribution is 0.410. The van der Waals surface area contributed by atoms with E-state index in [4.69, 9.17) is 4.74 Å². The summed E-state index contributed by atoms with van der Waals surface area (Å²) in [6.45, 7) is 0.744. The summed E-state index contributed by atoms with van der Waals surface area (Å²) in [7, 11) is 3.69. The molecule has 0 spiro atoms. The zero-order valence-corrected chi connectivity index (χ0v) is 11.4. The van der Waals surface area contributed by atoms with Crippen molar-refractivity contribution in [3.05, 3.63) is 41.6 Å². The fourth-order valence-corrected chi connectivity index (χ4v) is 2.27. The van der Waals surface area contributed by atoms with E-state index in [0.717, 1.165) is 23.7 Å². The van der Waals surface area contributed by atoms with E-state index in [1.54, 1.807) is 7.11 Å². The van der Waals surface area contributed by atoms with Crippen LogP contribution >= 0.6 is 0 Å². The smallest absolute Gasteiger partial charge is 0.124 e. The van der Waals surface area contributed by atoms with Crippen LogP contribution in [0.3, 0.4) is 0 Å². The van der Waals surface area contributed by atoms with Gasteiger partial charge >= 0.3 is 0 Å². The van der Waals surface area contributed by atoms with Crippen LogP contribution in [0.25, 0.3) is 0 Å². The van der Waals surface area contributed by atoms with Crippen LogP contribution in [0.1, 0.15) is 30.0 Å². The van der Waals surface area contributed by atoms with Crippen LogP contribution in [-0.2, 0) is 13.6 Å². The van der Waals surface area contributed by atoms with Crippen LogP contribution in [0.2, 0.25) is 0 Å². The number of nitrogens with zero attached hydrogens (tertiary/aromatic N) is 2. The number of benzene rings is 1. The van der Waals surface area contributed by atoms with Gasteiger partial charge in [0.2, 0.25) is 0 Å². The minimum atomic E-state index is 0.688. The summed E-state index contributed by atoms with van der Waals surface area (Å²) in [6.07, 6.45) is 2.56. The highest BCUT2D eigenvalue weighted by molar-refractivity contribution is 5.42. The highest BCUT2D eigenvalue weighted by Crippen LogP contribution is 2.39. The van der Waals surface area contributed by atoms with E-state index in [2.05, 4.69) is 22.5 Å². The van der Waals surface area contributed by atoms with Gasteiger partial charge < -0.3 is 10.1 Å². The largest absolute Gasteiger partial charge is 0.496 e. The minimum Gasteiger partial charge on any atom is -0.496 e. The second-order valence-corrected chi connectivity index (χ2v) is 5.02. The van der Waals surface area contributed by atoms with E-state index in [-0.39, 0.29) is 0 Å². The van der Waals surface area contributed by atoms with Crippen molar-refractivity contribution in [2.24, 2.45) is 7.05 Å². The third-order valence-electron chi connectivity index (χ3n) is 3.55. The van der Waals surface area contributed by atoms with Crippen molar-refractivity contribution in [1.82, 2.24) is 9.78 Å². The van der Waals surface area contributed by atoms with Crippen LogP contribution < -0.4 is 10.1 Å². The number of para-hydroxylation sites is 1. The molecule has 1 N–H and O–H groups in total. The monoisotopic (exact) mass is 257 g/mol. The molecule has 0 aliphatic heterocycles. The summed E-state index contributed by atoms with van der Waals surface area (Å²) in [5.74, 6) is 2.67. The normalized spacial score (nSPS) is 14.4. The SMILES string of the molecule is COc1ccccc1CNc1cc(C2CC2)nn1C. The van der Waals surface area contributed by atoms with E-state index >= 15 is 0 Å². The Balaban J connectivity index is 1.71. The maximum Gasteiger partial charge on any atom is 0.124 e. The maximum absolute atomic E-state index is 5.35. The van der Waals surface area contributed by atoms with E-state index in [0.29, 0.717) is 5.92 Å². The molecule has 1 aliphatic rings. The zero-order chi connectivity index (χ0) is 13.2. The van der Waals surface area contributed by atoms with Crippen LogP contribution in [-0.4, -0.2) is 16.9 Å². The molecule has 100 valence electrons. The minimum absolute atomic E-state index is 0.688. The van der Waals surface area contributed by atoms with Gasteiger partial charge in [0.05, 0.1) is 12.8 Å².